The Morgan fingerprint density at radius 1 is 1.11 bits per heavy atom. The molecule has 19 heavy (non-hydrogen) atoms. The van der Waals surface area contributed by atoms with Crippen LogP contribution in [0.25, 0.3) is 0 Å². The summed E-state index contributed by atoms with van der Waals surface area (Å²) in [4.78, 5) is 10.9. The summed E-state index contributed by atoms with van der Waals surface area (Å²) >= 11 is 3.41. The van der Waals surface area contributed by atoms with Gasteiger partial charge in [-0.3, -0.25) is 0 Å². The maximum Gasteiger partial charge on any atom is 1.00 e. The number of hydrogen-bond donors (Lipinski definition) is 0. The molecule has 92 valence electrons. The topological polar surface area (TPSA) is 49.4 Å². The molecule has 2 rings (SSSR count). The molecule has 0 bridgehead atoms. The quantitative estimate of drug-likeness (QED) is 0.695. The van der Waals surface area contributed by atoms with Crippen LogP contribution in [0.4, 0.5) is 0 Å². The molecule has 0 unspecified atom stereocenters. The zero-order valence-corrected chi connectivity index (χ0v) is 15.1. The van der Waals surface area contributed by atoms with Gasteiger partial charge in [-0.1, -0.05) is 46.3 Å². The molecule has 0 radical (unpaired) electrons. The van der Waals surface area contributed by atoms with Crippen LogP contribution in [-0.2, 0) is 6.61 Å². The second-order valence-corrected chi connectivity index (χ2v) is 4.52. The van der Waals surface area contributed by atoms with E-state index < -0.39 is 5.97 Å². The minimum atomic E-state index is -1.24. The van der Waals surface area contributed by atoms with Crippen molar-refractivity contribution in [2.45, 2.75) is 6.61 Å². The predicted molar refractivity (Wildman–Crippen MR) is 69.2 cm³/mol. The van der Waals surface area contributed by atoms with Gasteiger partial charge in [0.1, 0.15) is 12.4 Å². The second-order valence-electron chi connectivity index (χ2n) is 3.66. The van der Waals surface area contributed by atoms with Gasteiger partial charge in [-0.25, -0.2) is 0 Å². The van der Waals surface area contributed by atoms with Gasteiger partial charge in [0.25, 0.3) is 0 Å². The molecule has 0 saturated heterocycles. The summed E-state index contributed by atoms with van der Waals surface area (Å²) in [5.74, 6) is -0.925. The van der Waals surface area contributed by atoms with Crippen molar-refractivity contribution in [2.75, 3.05) is 0 Å². The van der Waals surface area contributed by atoms with Crippen LogP contribution in [0, 0.1) is 0 Å². The molecule has 2 aromatic rings. The van der Waals surface area contributed by atoms with Crippen LogP contribution in [0.1, 0.15) is 15.9 Å². The molecule has 0 fully saturated rings. The van der Waals surface area contributed by atoms with Gasteiger partial charge >= 0.3 is 51.4 Å². The second kappa shape index (κ2) is 8.19. The van der Waals surface area contributed by atoms with Gasteiger partial charge < -0.3 is 14.6 Å². The van der Waals surface area contributed by atoms with Crippen molar-refractivity contribution < 1.29 is 66.0 Å². The minimum absolute atomic E-state index is 0. The molecule has 0 amide bonds. The SMILES string of the molecule is O=C([O-])c1ccccc1OCc1ccccc1Br.[K+]. The third-order valence-electron chi connectivity index (χ3n) is 2.45. The van der Waals surface area contributed by atoms with Gasteiger partial charge in [-0.05, 0) is 18.2 Å². The Labute approximate surface area is 162 Å². The van der Waals surface area contributed by atoms with E-state index in [9.17, 15) is 9.90 Å². The van der Waals surface area contributed by atoms with Gasteiger partial charge in [0.2, 0.25) is 0 Å². The molecular formula is C14H10BrKO3. The monoisotopic (exact) mass is 344 g/mol. The van der Waals surface area contributed by atoms with Crippen molar-refractivity contribution in [3.05, 3.63) is 64.1 Å². The number of carboxylic acid groups (broad SMARTS) is 1. The van der Waals surface area contributed by atoms with Crippen LogP contribution in [0.15, 0.2) is 53.0 Å². The minimum Gasteiger partial charge on any atom is -0.545 e. The van der Waals surface area contributed by atoms with E-state index in [2.05, 4.69) is 15.9 Å². The van der Waals surface area contributed by atoms with Crippen LogP contribution in [0.5, 0.6) is 5.75 Å². The van der Waals surface area contributed by atoms with Gasteiger partial charge in [-0.2, -0.15) is 0 Å². The van der Waals surface area contributed by atoms with E-state index in [1.807, 2.05) is 24.3 Å². The Balaban J connectivity index is 0.00000180. The van der Waals surface area contributed by atoms with Crippen molar-refractivity contribution in [1.82, 2.24) is 0 Å². The van der Waals surface area contributed by atoms with Crippen molar-refractivity contribution in [1.29, 1.82) is 0 Å². The van der Waals surface area contributed by atoms with E-state index in [0.717, 1.165) is 10.0 Å². The maximum atomic E-state index is 10.9. The smallest absolute Gasteiger partial charge is 0.545 e. The van der Waals surface area contributed by atoms with Crippen LogP contribution in [-0.4, -0.2) is 5.97 Å². The fourth-order valence-electron chi connectivity index (χ4n) is 1.53. The van der Waals surface area contributed by atoms with Crippen molar-refractivity contribution in [2.24, 2.45) is 0 Å². The third-order valence-corrected chi connectivity index (χ3v) is 3.22. The van der Waals surface area contributed by atoms with Crippen LogP contribution in [0.3, 0.4) is 0 Å². The van der Waals surface area contributed by atoms with E-state index in [4.69, 9.17) is 4.74 Å². The number of ether oxygens (including phenoxy) is 1. The largest absolute Gasteiger partial charge is 1.00 e. The van der Waals surface area contributed by atoms with Crippen LogP contribution in [0.2, 0.25) is 0 Å². The summed E-state index contributed by atoms with van der Waals surface area (Å²) < 4.78 is 6.44. The van der Waals surface area contributed by atoms with Crippen molar-refractivity contribution in [3.63, 3.8) is 0 Å². The molecule has 0 spiro atoms. The van der Waals surface area contributed by atoms with E-state index in [1.165, 1.54) is 6.07 Å². The maximum absolute atomic E-state index is 10.9. The van der Waals surface area contributed by atoms with E-state index in [1.54, 1.807) is 18.2 Å². The van der Waals surface area contributed by atoms with E-state index >= 15 is 0 Å². The number of carboxylic acids is 1. The molecule has 0 atom stereocenters. The first-order chi connectivity index (χ1) is 8.68. The molecule has 0 aliphatic heterocycles. The molecule has 0 N–H and O–H groups in total. The number of halogens is 1. The fourth-order valence-corrected chi connectivity index (χ4v) is 1.93. The molecule has 0 aliphatic rings. The van der Waals surface area contributed by atoms with Crippen molar-refractivity contribution >= 4 is 21.9 Å². The Morgan fingerprint density at radius 3 is 2.42 bits per heavy atom. The zero-order chi connectivity index (χ0) is 13.0. The summed E-state index contributed by atoms with van der Waals surface area (Å²) in [6.45, 7) is 0.297. The Kier molecular flexibility index (Phi) is 7.27. The van der Waals surface area contributed by atoms with Gasteiger partial charge in [0, 0.05) is 15.6 Å². The summed E-state index contributed by atoms with van der Waals surface area (Å²) in [7, 11) is 0. The zero-order valence-electron chi connectivity index (χ0n) is 10.4. The number of para-hydroxylation sites is 1. The number of benzene rings is 2. The molecule has 0 saturated carbocycles. The normalized spacial score (nSPS) is 9.53. The fraction of sp³-hybridized carbons (Fsp3) is 0.0714. The number of rotatable bonds is 4. The molecule has 5 heteroatoms. The van der Waals surface area contributed by atoms with Crippen LogP contribution >= 0.6 is 15.9 Å². The summed E-state index contributed by atoms with van der Waals surface area (Å²) in [6.07, 6.45) is 0. The molecule has 0 heterocycles. The third kappa shape index (κ3) is 4.70. The van der Waals surface area contributed by atoms with E-state index in [-0.39, 0.29) is 56.9 Å². The van der Waals surface area contributed by atoms with Gasteiger partial charge in [-0.15, -0.1) is 0 Å². The van der Waals surface area contributed by atoms with Crippen molar-refractivity contribution in [3.8, 4) is 5.75 Å². The first-order valence-corrected chi connectivity index (χ1v) is 6.14. The first kappa shape index (κ1) is 16.9. The van der Waals surface area contributed by atoms with E-state index in [0.29, 0.717) is 12.4 Å². The predicted octanol–water partition coefficient (Wildman–Crippen LogP) is -0.604. The molecular weight excluding hydrogens is 335 g/mol. The summed E-state index contributed by atoms with van der Waals surface area (Å²) in [5, 5.41) is 10.9. The number of hydrogen-bond acceptors (Lipinski definition) is 3. The summed E-state index contributed by atoms with van der Waals surface area (Å²) in [6, 6.07) is 14.1. The summed E-state index contributed by atoms with van der Waals surface area (Å²) in [5.41, 5.74) is 1.01. The molecule has 2 aromatic carbocycles. The number of aromatic carboxylic acids is 1. The molecule has 0 aliphatic carbocycles. The Bertz CT molecular complexity index is 572. The Morgan fingerprint density at radius 2 is 1.74 bits per heavy atom. The van der Waals surface area contributed by atoms with Gasteiger partial charge in [0.05, 0.1) is 5.97 Å². The average molecular weight is 345 g/mol. The van der Waals surface area contributed by atoms with Gasteiger partial charge in [0.15, 0.2) is 0 Å². The van der Waals surface area contributed by atoms with Crippen LogP contribution < -0.4 is 61.2 Å². The number of carbonyl (C=O) groups excluding carboxylic acids is 1. The first-order valence-electron chi connectivity index (χ1n) is 5.35. The standard InChI is InChI=1S/C14H11BrO3.K/c15-12-7-3-1-5-10(12)9-18-13-8-4-2-6-11(13)14(16)17;/h1-8H,9H2,(H,16,17);/q;+1/p-1. The number of carbonyl (C=O) groups is 1. The molecule has 0 aromatic heterocycles. The average Bonchev–Trinajstić information content (AvgIpc) is 2.38. The Hall–Kier alpha value is -0.174. The molecule has 3 nitrogen and oxygen atoms in total.